The molecule has 0 aliphatic heterocycles. The molecule has 1 heterocycles. The average molecular weight is 290 g/mol. The Labute approximate surface area is 99.6 Å². The van der Waals surface area contributed by atoms with Crippen LogP contribution in [-0.2, 0) is 6.42 Å². The third kappa shape index (κ3) is 1.84. The van der Waals surface area contributed by atoms with E-state index in [4.69, 9.17) is 11.6 Å². The second-order valence-electron chi connectivity index (χ2n) is 3.09. The van der Waals surface area contributed by atoms with Gasteiger partial charge in [-0.15, -0.1) is 0 Å². The largest absolute Gasteiger partial charge is 0.226 e. The molecule has 0 atom stereocenters. The zero-order valence-electron chi connectivity index (χ0n) is 7.89. The van der Waals surface area contributed by atoms with E-state index in [1.165, 1.54) is 6.20 Å². The Balaban J connectivity index is 2.90. The third-order valence-electron chi connectivity index (χ3n) is 2.19. The summed E-state index contributed by atoms with van der Waals surface area (Å²) in [7, 11) is 0. The Hall–Kier alpha value is -0.740. The molecule has 0 bridgehead atoms. The van der Waals surface area contributed by atoms with Gasteiger partial charge < -0.3 is 0 Å². The van der Waals surface area contributed by atoms with Gasteiger partial charge in [0.15, 0.2) is 0 Å². The van der Waals surface area contributed by atoms with Gasteiger partial charge >= 0.3 is 0 Å². The summed E-state index contributed by atoms with van der Waals surface area (Å²) in [5, 5.41) is 0.532. The fraction of sp³-hybridized carbons (Fsp3) is 0.200. The first-order valence-electron chi connectivity index (χ1n) is 4.42. The van der Waals surface area contributed by atoms with Crippen molar-refractivity contribution in [2.75, 3.05) is 0 Å². The van der Waals surface area contributed by atoms with Crippen molar-refractivity contribution in [3.63, 3.8) is 0 Å². The number of aryl methyl sites for hydroxylation is 1. The van der Waals surface area contributed by atoms with Crippen LogP contribution >= 0.6 is 27.5 Å². The van der Waals surface area contributed by atoms with Gasteiger partial charge in [0.2, 0.25) is 5.28 Å². The van der Waals surface area contributed by atoms with E-state index in [-0.39, 0.29) is 11.1 Å². The van der Waals surface area contributed by atoms with Gasteiger partial charge in [-0.25, -0.2) is 14.4 Å². The van der Waals surface area contributed by atoms with Gasteiger partial charge in [-0.1, -0.05) is 6.92 Å². The minimum Gasteiger partial charge on any atom is -0.226 e. The monoisotopic (exact) mass is 288 g/mol. The van der Waals surface area contributed by atoms with Crippen molar-refractivity contribution in [2.45, 2.75) is 13.3 Å². The van der Waals surface area contributed by atoms with Crippen LogP contribution in [0.15, 0.2) is 16.7 Å². The third-order valence-corrected chi connectivity index (χ3v) is 2.95. The minimum absolute atomic E-state index is 0.138. The normalized spacial score (nSPS) is 10.9. The van der Waals surface area contributed by atoms with E-state index in [9.17, 15) is 4.39 Å². The molecule has 0 saturated carbocycles. The Morgan fingerprint density at radius 2 is 2.27 bits per heavy atom. The van der Waals surface area contributed by atoms with E-state index in [2.05, 4.69) is 25.9 Å². The number of aromatic nitrogens is 2. The molecule has 2 rings (SSSR count). The SMILES string of the molecule is CCc1cc(Br)c(F)c2cnc(Cl)nc12. The van der Waals surface area contributed by atoms with E-state index in [1.54, 1.807) is 6.07 Å². The van der Waals surface area contributed by atoms with E-state index in [1.807, 2.05) is 6.92 Å². The van der Waals surface area contributed by atoms with Gasteiger partial charge in [-0.2, -0.15) is 0 Å². The van der Waals surface area contributed by atoms with Gasteiger partial charge in [0.25, 0.3) is 0 Å². The maximum atomic E-state index is 13.7. The molecule has 0 radical (unpaired) electrons. The molecule has 5 heteroatoms. The summed E-state index contributed by atoms with van der Waals surface area (Å²) in [4.78, 5) is 7.82. The molecule has 1 aromatic heterocycles. The van der Waals surface area contributed by atoms with E-state index < -0.39 is 0 Å². The molecule has 0 unspecified atom stereocenters. The quantitative estimate of drug-likeness (QED) is 0.747. The van der Waals surface area contributed by atoms with Crippen LogP contribution in [0.3, 0.4) is 0 Å². The van der Waals surface area contributed by atoms with Crippen LogP contribution in [0.25, 0.3) is 10.9 Å². The number of hydrogen-bond acceptors (Lipinski definition) is 2. The molecule has 2 aromatic rings. The molecule has 0 saturated heterocycles. The van der Waals surface area contributed by atoms with Crippen molar-refractivity contribution in [3.05, 3.63) is 33.4 Å². The summed E-state index contributed by atoms with van der Waals surface area (Å²) in [5.41, 5.74) is 1.53. The minimum atomic E-state index is -0.348. The first-order chi connectivity index (χ1) is 7.13. The number of halogens is 3. The molecule has 0 fully saturated rings. The topological polar surface area (TPSA) is 25.8 Å². The van der Waals surface area contributed by atoms with Gasteiger partial charge in [0, 0.05) is 6.20 Å². The smallest absolute Gasteiger partial charge is 0.222 e. The highest BCUT2D eigenvalue weighted by molar-refractivity contribution is 9.10. The summed E-state index contributed by atoms with van der Waals surface area (Å²) in [5.74, 6) is -0.348. The van der Waals surface area contributed by atoms with E-state index >= 15 is 0 Å². The second-order valence-corrected chi connectivity index (χ2v) is 4.28. The predicted octanol–water partition coefficient (Wildman–Crippen LogP) is 3.75. The Morgan fingerprint density at radius 3 is 2.93 bits per heavy atom. The summed E-state index contributed by atoms with van der Waals surface area (Å²) in [6.45, 7) is 1.98. The van der Waals surface area contributed by atoms with Crippen molar-refractivity contribution in [2.24, 2.45) is 0 Å². The van der Waals surface area contributed by atoms with Crippen molar-refractivity contribution in [1.82, 2.24) is 9.97 Å². The van der Waals surface area contributed by atoms with E-state index in [0.717, 1.165) is 12.0 Å². The van der Waals surface area contributed by atoms with E-state index in [0.29, 0.717) is 15.4 Å². The standard InChI is InChI=1S/C10H7BrClFN2/c1-2-5-3-7(11)8(13)6-4-14-10(12)15-9(5)6/h3-4H,2H2,1H3. The maximum Gasteiger partial charge on any atom is 0.222 e. The molecule has 78 valence electrons. The van der Waals surface area contributed by atoms with Crippen LogP contribution in [0.2, 0.25) is 5.28 Å². The first kappa shape index (κ1) is 10.8. The Bertz CT molecular complexity index is 530. The Morgan fingerprint density at radius 1 is 1.53 bits per heavy atom. The molecule has 2 nitrogen and oxygen atoms in total. The molecule has 0 aliphatic carbocycles. The zero-order valence-corrected chi connectivity index (χ0v) is 10.2. The summed E-state index contributed by atoms with van der Waals surface area (Å²) < 4.78 is 14.1. The second kappa shape index (κ2) is 4.02. The van der Waals surface area contributed by atoms with Crippen LogP contribution in [0, 0.1) is 5.82 Å². The highest BCUT2D eigenvalue weighted by atomic mass is 79.9. The van der Waals surface area contributed by atoms with Crippen molar-refractivity contribution in [3.8, 4) is 0 Å². The zero-order chi connectivity index (χ0) is 11.0. The number of hydrogen-bond donors (Lipinski definition) is 0. The molecule has 0 amide bonds. The van der Waals surface area contributed by atoms with Crippen LogP contribution in [0.1, 0.15) is 12.5 Å². The lowest BCUT2D eigenvalue weighted by Crippen LogP contribution is -1.94. The number of fused-ring (bicyclic) bond motifs is 1. The highest BCUT2D eigenvalue weighted by Gasteiger charge is 2.11. The molecule has 0 aliphatic rings. The maximum absolute atomic E-state index is 13.7. The first-order valence-corrected chi connectivity index (χ1v) is 5.59. The molecule has 0 N–H and O–H groups in total. The fourth-order valence-electron chi connectivity index (χ4n) is 1.45. The predicted molar refractivity (Wildman–Crippen MR) is 61.6 cm³/mol. The number of rotatable bonds is 1. The fourth-order valence-corrected chi connectivity index (χ4v) is 2.07. The lowest BCUT2D eigenvalue weighted by molar-refractivity contribution is 0.632. The Kier molecular flexibility index (Phi) is 2.89. The molecular weight excluding hydrogens is 282 g/mol. The van der Waals surface area contributed by atoms with Gasteiger partial charge in [0.05, 0.1) is 15.4 Å². The number of benzene rings is 1. The summed E-state index contributed by atoms with van der Waals surface area (Å²) in [6, 6.07) is 1.72. The van der Waals surface area contributed by atoms with Crippen molar-refractivity contribution in [1.29, 1.82) is 0 Å². The van der Waals surface area contributed by atoms with Crippen molar-refractivity contribution < 1.29 is 4.39 Å². The van der Waals surface area contributed by atoms with Crippen LogP contribution in [-0.4, -0.2) is 9.97 Å². The van der Waals surface area contributed by atoms with Crippen LogP contribution in [0.5, 0.6) is 0 Å². The lowest BCUT2D eigenvalue weighted by Gasteiger charge is -2.06. The number of nitrogens with zero attached hydrogens (tertiary/aromatic N) is 2. The molecule has 15 heavy (non-hydrogen) atoms. The molecule has 1 aromatic carbocycles. The molecular formula is C10H7BrClFN2. The van der Waals surface area contributed by atoms with Crippen molar-refractivity contribution >= 4 is 38.4 Å². The summed E-state index contributed by atoms with van der Waals surface area (Å²) >= 11 is 8.85. The summed E-state index contributed by atoms with van der Waals surface area (Å²) in [6.07, 6.45) is 2.17. The highest BCUT2D eigenvalue weighted by Crippen LogP contribution is 2.27. The lowest BCUT2D eigenvalue weighted by atomic mass is 10.1. The van der Waals surface area contributed by atoms with Gasteiger partial charge in [-0.3, -0.25) is 0 Å². The van der Waals surface area contributed by atoms with Gasteiger partial charge in [-0.05, 0) is 45.6 Å². The average Bonchev–Trinajstić information content (AvgIpc) is 2.23. The van der Waals surface area contributed by atoms with Crippen LogP contribution in [0.4, 0.5) is 4.39 Å². The molecule has 0 spiro atoms. The van der Waals surface area contributed by atoms with Gasteiger partial charge in [0.1, 0.15) is 5.82 Å². The van der Waals surface area contributed by atoms with Crippen LogP contribution < -0.4 is 0 Å².